The third-order valence-electron chi connectivity index (χ3n) is 1.98. The lowest BCUT2D eigenvalue weighted by atomic mass is 10.2. The van der Waals surface area contributed by atoms with E-state index in [0.29, 0.717) is 6.61 Å². The van der Waals surface area contributed by atoms with E-state index in [-0.39, 0.29) is 5.60 Å². The van der Waals surface area contributed by atoms with Crippen molar-refractivity contribution in [2.75, 3.05) is 12.3 Å². The Morgan fingerprint density at radius 2 is 2.14 bits per heavy atom. The molecule has 1 aromatic rings. The predicted molar refractivity (Wildman–Crippen MR) is 57.1 cm³/mol. The topological polar surface area (TPSA) is 53.1 Å². The molecule has 0 saturated carbocycles. The fourth-order valence-electron chi connectivity index (χ4n) is 1.12. The first kappa shape index (κ1) is 11.0. The van der Waals surface area contributed by atoms with Crippen molar-refractivity contribution in [3.05, 3.63) is 11.9 Å². The summed E-state index contributed by atoms with van der Waals surface area (Å²) in [5.41, 5.74) is 7.32. The van der Waals surface area contributed by atoms with Gasteiger partial charge in [-0.2, -0.15) is 5.10 Å². The Morgan fingerprint density at radius 1 is 1.50 bits per heavy atom. The van der Waals surface area contributed by atoms with E-state index in [2.05, 4.69) is 5.10 Å². The van der Waals surface area contributed by atoms with Crippen molar-refractivity contribution in [1.82, 2.24) is 9.78 Å². The number of hydrogen-bond acceptors (Lipinski definition) is 3. The van der Waals surface area contributed by atoms with E-state index >= 15 is 0 Å². The molecule has 80 valence electrons. The molecule has 1 heterocycles. The van der Waals surface area contributed by atoms with Crippen LogP contribution in [0.4, 0.5) is 5.69 Å². The highest BCUT2D eigenvalue weighted by Crippen LogP contribution is 2.10. The van der Waals surface area contributed by atoms with Crippen molar-refractivity contribution in [2.24, 2.45) is 0 Å². The summed E-state index contributed by atoms with van der Waals surface area (Å²) in [4.78, 5) is 0. The number of nitrogens with two attached hydrogens (primary N) is 1. The van der Waals surface area contributed by atoms with Crippen LogP contribution in [0.2, 0.25) is 0 Å². The van der Waals surface area contributed by atoms with Gasteiger partial charge in [-0.1, -0.05) is 0 Å². The van der Waals surface area contributed by atoms with E-state index in [9.17, 15) is 0 Å². The van der Waals surface area contributed by atoms with Crippen LogP contribution in [0.5, 0.6) is 0 Å². The highest BCUT2D eigenvalue weighted by Gasteiger charge is 2.10. The molecule has 2 N–H and O–H groups in total. The average Bonchev–Trinajstić information content (AvgIpc) is 2.33. The molecule has 0 radical (unpaired) electrons. The molecule has 0 aromatic carbocycles. The minimum Gasteiger partial charge on any atom is -0.396 e. The van der Waals surface area contributed by atoms with E-state index in [1.165, 1.54) is 0 Å². The molecule has 0 aliphatic carbocycles. The normalized spacial score (nSPS) is 12.0. The fraction of sp³-hybridized carbons (Fsp3) is 0.700. The summed E-state index contributed by atoms with van der Waals surface area (Å²) < 4.78 is 7.46. The number of anilines is 1. The monoisotopic (exact) mass is 197 g/mol. The molecule has 0 unspecified atom stereocenters. The van der Waals surface area contributed by atoms with Crippen LogP contribution in [0.15, 0.2) is 6.20 Å². The van der Waals surface area contributed by atoms with Crippen LogP contribution in [0.1, 0.15) is 26.5 Å². The average molecular weight is 197 g/mol. The smallest absolute Gasteiger partial charge is 0.0730 e. The quantitative estimate of drug-likeness (QED) is 0.800. The first-order valence-electron chi connectivity index (χ1n) is 4.82. The van der Waals surface area contributed by atoms with Gasteiger partial charge in [0.15, 0.2) is 0 Å². The van der Waals surface area contributed by atoms with Gasteiger partial charge in [0, 0.05) is 0 Å². The first-order valence-corrected chi connectivity index (χ1v) is 4.82. The van der Waals surface area contributed by atoms with Crippen LogP contribution in [-0.4, -0.2) is 22.0 Å². The molecule has 0 atom stereocenters. The summed E-state index contributed by atoms with van der Waals surface area (Å²) in [5.74, 6) is 0. The van der Waals surface area contributed by atoms with Gasteiger partial charge in [-0.25, -0.2) is 0 Å². The zero-order valence-corrected chi connectivity index (χ0v) is 9.37. The first-order chi connectivity index (χ1) is 6.40. The number of nitrogens with zero attached hydrogens (tertiary/aromatic N) is 2. The Morgan fingerprint density at radius 3 is 2.57 bits per heavy atom. The zero-order valence-electron chi connectivity index (χ0n) is 9.37. The minimum absolute atomic E-state index is 0.0907. The van der Waals surface area contributed by atoms with Gasteiger partial charge in [0.05, 0.1) is 36.3 Å². The van der Waals surface area contributed by atoms with E-state index in [1.54, 1.807) is 6.20 Å². The maximum atomic E-state index is 5.67. The van der Waals surface area contributed by atoms with Crippen LogP contribution >= 0.6 is 0 Å². The molecule has 0 amide bonds. The van der Waals surface area contributed by atoms with E-state index < -0.39 is 0 Å². The van der Waals surface area contributed by atoms with E-state index in [4.69, 9.17) is 10.5 Å². The molecule has 0 aliphatic rings. The standard InChI is InChI=1S/C10H19N3O/c1-8-9(11)7-12-13(8)5-6-14-10(2,3)4/h7H,5-6,11H2,1-4H3. The molecule has 0 spiro atoms. The summed E-state index contributed by atoms with van der Waals surface area (Å²) >= 11 is 0. The van der Waals surface area contributed by atoms with Gasteiger partial charge in [0.25, 0.3) is 0 Å². The second-order valence-corrected chi connectivity index (χ2v) is 4.37. The molecule has 0 fully saturated rings. The van der Waals surface area contributed by atoms with Gasteiger partial charge in [-0.3, -0.25) is 4.68 Å². The van der Waals surface area contributed by atoms with Crippen molar-refractivity contribution in [3.8, 4) is 0 Å². The van der Waals surface area contributed by atoms with Gasteiger partial charge in [0.1, 0.15) is 0 Å². The Balaban J connectivity index is 2.43. The van der Waals surface area contributed by atoms with Crippen molar-refractivity contribution in [3.63, 3.8) is 0 Å². The highest BCUT2D eigenvalue weighted by molar-refractivity contribution is 5.39. The summed E-state index contributed by atoms with van der Waals surface area (Å²) in [5, 5.41) is 4.15. The maximum Gasteiger partial charge on any atom is 0.0730 e. The molecule has 14 heavy (non-hydrogen) atoms. The van der Waals surface area contributed by atoms with Crippen LogP contribution in [0.3, 0.4) is 0 Å². The molecule has 0 bridgehead atoms. The summed E-state index contributed by atoms with van der Waals surface area (Å²) in [6.45, 7) is 9.48. The van der Waals surface area contributed by atoms with Crippen molar-refractivity contribution in [1.29, 1.82) is 0 Å². The molecule has 1 aromatic heterocycles. The second kappa shape index (κ2) is 4.00. The van der Waals surface area contributed by atoms with Crippen molar-refractivity contribution < 1.29 is 4.74 Å². The molecule has 0 saturated heterocycles. The van der Waals surface area contributed by atoms with Crippen LogP contribution in [-0.2, 0) is 11.3 Å². The van der Waals surface area contributed by atoms with E-state index in [0.717, 1.165) is 17.9 Å². The molecule has 0 aliphatic heterocycles. The molecule has 4 heteroatoms. The number of ether oxygens (including phenoxy) is 1. The SMILES string of the molecule is Cc1c(N)cnn1CCOC(C)(C)C. The summed E-state index contributed by atoms with van der Waals surface area (Å²) in [6, 6.07) is 0. The third kappa shape index (κ3) is 3.03. The van der Waals surface area contributed by atoms with Gasteiger partial charge in [-0.05, 0) is 27.7 Å². The predicted octanol–water partition coefficient (Wildman–Crippen LogP) is 1.59. The molecule has 4 nitrogen and oxygen atoms in total. The number of hydrogen-bond donors (Lipinski definition) is 1. The lowest BCUT2D eigenvalue weighted by Crippen LogP contribution is -2.22. The molecule has 1 rings (SSSR count). The Kier molecular flexibility index (Phi) is 3.16. The number of rotatable bonds is 3. The third-order valence-corrected chi connectivity index (χ3v) is 1.98. The lowest BCUT2D eigenvalue weighted by Gasteiger charge is -2.19. The van der Waals surface area contributed by atoms with Crippen LogP contribution in [0.25, 0.3) is 0 Å². The minimum atomic E-state index is -0.0907. The summed E-state index contributed by atoms with van der Waals surface area (Å²) in [7, 11) is 0. The van der Waals surface area contributed by atoms with Gasteiger partial charge < -0.3 is 10.5 Å². The Hall–Kier alpha value is -1.03. The van der Waals surface area contributed by atoms with Crippen LogP contribution in [0, 0.1) is 6.92 Å². The molecular weight excluding hydrogens is 178 g/mol. The molecular formula is C10H19N3O. The number of nitrogen functional groups attached to an aromatic ring is 1. The van der Waals surface area contributed by atoms with Gasteiger partial charge in [0.2, 0.25) is 0 Å². The van der Waals surface area contributed by atoms with Gasteiger partial charge in [-0.15, -0.1) is 0 Å². The number of aromatic nitrogens is 2. The van der Waals surface area contributed by atoms with Gasteiger partial charge >= 0.3 is 0 Å². The Labute approximate surface area is 85.0 Å². The van der Waals surface area contributed by atoms with E-state index in [1.807, 2.05) is 32.4 Å². The zero-order chi connectivity index (χ0) is 10.8. The second-order valence-electron chi connectivity index (χ2n) is 4.37. The summed E-state index contributed by atoms with van der Waals surface area (Å²) in [6.07, 6.45) is 1.67. The largest absolute Gasteiger partial charge is 0.396 e. The fourth-order valence-corrected chi connectivity index (χ4v) is 1.12. The van der Waals surface area contributed by atoms with Crippen molar-refractivity contribution >= 4 is 5.69 Å². The highest BCUT2D eigenvalue weighted by atomic mass is 16.5. The van der Waals surface area contributed by atoms with Crippen LogP contribution < -0.4 is 5.73 Å². The van der Waals surface area contributed by atoms with Crippen molar-refractivity contribution in [2.45, 2.75) is 39.8 Å². The Bertz CT molecular complexity index is 299. The maximum absolute atomic E-state index is 5.67. The lowest BCUT2D eigenvalue weighted by molar-refractivity contribution is -0.00807.